The summed E-state index contributed by atoms with van der Waals surface area (Å²) in [6.45, 7) is 0.734. The minimum atomic E-state index is -0.244. The molecular formula is C15H14BrClN2O. The number of hydrogen-bond acceptors (Lipinski definition) is 3. The van der Waals surface area contributed by atoms with Crippen molar-refractivity contribution in [2.75, 3.05) is 6.61 Å². The van der Waals surface area contributed by atoms with Gasteiger partial charge in [-0.2, -0.15) is 0 Å². The van der Waals surface area contributed by atoms with Crippen LogP contribution in [0.25, 0.3) is 0 Å². The lowest BCUT2D eigenvalue weighted by Gasteiger charge is -2.15. The monoisotopic (exact) mass is 352 g/mol. The lowest BCUT2D eigenvalue weighted by Crippen LogP contribution is -2.16. The molecule has 2 aromatic rings. The summed E-state index contributed by atoms with van der Waals surface area (Å²) >= 11 is 9.69. The lowest BCUT2D eigenvalue weighted by atomic mass is 10.00. The van der Waals surface area contributed by atoms with Crippen LogP contribution in [-0.4, -0.2) is 11.6 Å². The van der Waals surface area contributed by atoms with E-state index in [1.165, 1.54) is 5.56 Å². The molecule has 1 aromatic carbocycles. The van der Waals surface area contributed by atoms with Gasteiger partial charge in [0.15, 0.2) is 0 Å². The molecule has 0 spiro atoms. The Hall–Kier alpha value is -1.10. The maximum atomic E-state index is 6.25. The molecule has 0 bridgehead atoms. The van der Waals surface area contributed by atoms with Crippen molar-refractivity contribution in [2.45, 2.75) is 18.9 Å². The van der Waals surface area contributed by atoms with Crippen molar-refractivity contribution >= 4 is 27.5 Å². The van der Waals surface area contributed by atoms with Gasteiger partial charge in [0.2, 0.25) is 0 Å². The van der Waals surface area contributed by atoms with Gasteiger partial charge in [0.1, 0.15) is 5.75 Å². The van der Waals surface area contributed by atoms with Crippen LogP contribution in [-0.2, 0) is 12.8 Å². The van der Waals surface area contributed by atoms with Crippen molar-refractivity contribution in [3.05, 3.63) is 56.8 Å². The fourth-order valence-corrected chi connectivity index (χ4v) is 3.32. The first-order chi connectivity index (χ1) is 9.65. The molecule has 1 aliphatic heterocycles. The second-order valence-electron chi connectivity index (χ2n) is 4.83. The minimum Gasteiger partial charge on any atom is -0.493 e. The Labute approximate surface area is 131 Å². The van der Waals surface area contributed by atoms with Crippen LogP contribution in [0.1, 0.15) is 22.9 Å². The molecule has 0 fully saturated rings. The number of rotatable bonds is 3. The molecule has 3 nitrogen and oxygen atoms in total. The number of hydrogen-bond donors (Lipinski definition) is 1. The fourth-order valence-electron chi connectivity index (χ4n) is 2.50. The zero-order chi connectivity index (χ0) is 14.1. The number of pyridine rings is 1. The van der Waals surface area contributed by atoms with Crippen LogP contribution in [0.4, 0.5) is 0 Å². The molecule has 0 aliphatic carbocycles. The average Bonchev–Trinajstić information content (AvgIpc) is 2.87. The zero-order valence-corrected chi connectivity index (χ0v) is 13.1. The highest BCUT2D eigenvalue weighted by Crippen LogP contribution is 2.35. The SMILES string of the molecule is NC(Cc1cc(Br)cc2c1OCC2)c1ncccc1Cl. The molecule has 1 atom stereocenters. The van der Waals surface area contributed by atoms with Crippen LogP contribution >= 0.6 is 27.5 Å². The summed E-state index contributed by atoms with van der Waals surface area (Å²) in [6.07, 6.45) is 3.31. The van der Waals surface area contributed by atoms with Crippen LogP contribution in [0.3, 0.4) is 0 Å². The Kier molecular flexibility index (Phi) is 3.96. The molecule has 104 valence electrons. The number of nitrogens with two attached hydrogens (primary N) is 1. The molecule has 0 saturated carbocycles. The molecule has 3 rings (SSSR count). The molecule has 2 heterocycles. The number of halogens is 2. The first-order valence-corrected chi connectivity index (χ1v) is 7.62. The van der Waals surface area contributed by atoms with E-state index in [1.807, 2.05) is 6.07 Å². The number of fused-ring (bicyclic) bond motifs is 1. The Morgan fingerprint density at radius 1 is 1.45 bits per heavy atom. The zero-order valence-electron chi connectivity index (χ0n) is 10.8. The summed E-state index contributed by atoms with van der Waals surface area (Å²) in [4.78, 5) is 4.28. The molecule has 1 aromatic heterocycles. The van der Waals surface area contributed by atoms with Crippen molar-refractivity contribution in [2.24, 2.45) is 5.73 Å². The van der Waals surface area contributed by atoms with Crippen molar-refractivity contribution in [1.29, 1.82) is 0 Å². The first-order valence-electron chi connectivity index (χ1n) is 6.45. The molecule has 20 heavy (non-hydrogen) atoms. The van der Waals surface area contributed by atoms with Crippen LogP contribution in [0, 0.1) is 0 Å². The first kappa shape index (κ1) is 13.9. The highest BCUT2D eigenvalue weighted by atomic mass is 79.9. The fraction of sp³-hybridized carbons (Fsp3) is 0.267. The summed E-state index contributed by atoms with van der Waals surface area (Å²) in [5, 5.41) is 0.604. The Morgan fingerprint density at radius 2 is 2.30 bits per heavy atom. The standard InChI is InChI=1S/C15H14BrClN2O/c16-11-6-9-3-5-20-15(9)10(7-11)8-13(18)14-12(17)2-1-4-19-14/h1-2,4,6-7,13H,3,5,8,18H2. The summed E-state index contributed by atoms with van der Waals surface area (Å²) in [5.41, 5.74) is 9.31. The van der Waals surface area contributed by atoms with Crippen LogP contribution in [0.5, 0.6) is 5.75 Å². The second-order valence-corrected chi connectivity index (χ2v) is 6.16. The van der Waals surface area contributed by atoms with Gasteiger partial charge >= 0.3 is 0 Å². The predicted molar refractivity (Wildman–Crippen MR) is 83.2 cm³/mol. The van der Waals surface area contributed by atoms with E-state index in [9.17, 15) is 0 Å². The van der Waals surface area contributed by atoms with E-state index in [0.29, 0.717) is 11.4 Å². The number of aromatic nitrogens is 1. The number of ether oxygens (including phenoxy) is 1. The summed E-state index contributed by atoms with van der Waals surface area (Å²) in [6, 6.07) is 7.53. The normalized spacial score (nSPS) is 14.8. The Balaban J connectivity index is 1.90. The van der Waals surface area contributed by atoms with E-state index in [1.54, 1.807) is 12.3 Å². The quantitative estimate of drug-likeness (QED) is 0.916. The van der Waals surface area contributed by atoms with Crippen molar-refractivity contribution in [3.63, 3.8) is 0 Å². The van der Waals surface area contributed by atoms with Crippen LogP contribution in [0.15, 0.2) is 34.9 Å². The maximum Gasteiger partial charge on any atom is 0.125 e. The van der Waals surface area contributed by atoms with Gasteiger partial charge in [-0.1, -0.05) is 27.5 Å². The van der Waals surface area contributed by atoms with Gasteiger partial charge in [-0.25, -0.2) is 0 Å². The molecule has 0 saturated heterocycles. The summed E-state index contributed by atoms with van der Waals surface area (Å²) < 4.78 is 6.77. The van der Waals surface area contributed by atoms with E-state index in [0.717, 1.165) is 34.5 Å². The smallest absolute Gasteiger partial charge is 0.125 e. The third-order valence-electron chi connectivity index (χ3n) is 3.40. The molecular weight excluding hydrogens is 340 g/mol. The van der Waals surface area contributed by atoms with Crippen molar-refractivity contribution in [3.8, 4) is 5.75 Å². The van der Waals surface area contributed by atoms with Gasteiger partial charge < -0.3 is 10.5 Å². The van der Waals surface area contributed by atoms with Crippen molar-refractivity contribution < 1.29 is 4.74 Å². The minimum absolute atomic E-state index is 0.244. The second kappa shape index (κ2) is 5.72. The summed E-state index contributed by atoms with van der Waals surface area (Å²) in [5.74, 6) is 0.968. The van der Waals surface area contributed by atoms with Gasteiger partial charge in [-0.05, 0) is 41.8 Å². The van der Waals surface area contributed by atoms with Gasteiger partial charge in [0, 0.05) is 17.1 Å². The topological polar surface area (TPSA) is 48.1 Å². The molecule has 1 unspecified atom stereocenters. The molecule has 1 aliphatic rings. The molecule has 5 heteroatoms. The van der Waals surface area contributed by atoms with E-state index < -0.39 is 0 Å². The van der Waals surface area contributed by atoms with E-state index in [2.05, 4.69) is 33.0 Å². The Morgan fingerprint density at radius 3 is 3.10 bits per heavy atom. The summed E-state index contributed by atoms with van der Waals surface area (Å²) in [7, 11) is 0. The number of nitrogens with zero attached hydrogens (tertiary/aromatic N) is 1. The third kappa shape index (κ3) is 2.68. The third-order valence-corrected chi connectivity index (χ3v) is 4.18. The molecule has 2 N–H and O–H groups in total. The highest BCUT2D eigenvalue weighted by molar-refractivity contribution is 9.10. The highest BCUT2D eigenvalue weighted by Gasteiger charge is 2.20. The van der Waals surface area contributed by atoms with Gasteiger partial charge in [0.25, 0.3) is 0 Å². The van der Waals surface area contributed by atoms with Gasteiger partial charge in [0.05, 0.1) is 23.4 Å². The molecule has 0 amide bonds. The molecule has 0 radical (unpaired) electrons. The lowest BCUT2D eigenvalue weighted by molar-refractivity contribution is 0.352. The van der Waals surface area contributed by atoms with Crippen LogP contribution in [0.2, 0.25) is 5.02 Å². The van der Waals surface area contributed by atoms with Crippen molar-refractivity contribution in [1.82, 2.24) is 4.98 Å². The maximum absolute atomic E-state index is 6.25. The van der Waals surface area contributed by atoms with Crippen LogP contribution < -0.4 is 10.5 Å². The van der Waals surface area contributed by atoms with E-state index >= 15 is 0 Å². The number of benzene rings is 1. The average molecular weight is 354 g/mol. The van der Waals surface area contributed by atoms with E-state index in [-0.39, 0.29) is 6.04 Å². The largest absolute Gasteiger partial charge is 0.493 e. The van der Waals surface area contributed by atoms with Gasteiger partial charge in [-0.3, -0.25) is 4.98 Å². The van der Waals surface area contributed by atoms with E-state index in [4.69, 9.17) is 22.1 Å². The predicted octanol–water partition coefficient (Wildman–Crippen LogP) is 3.67. The van der Waals surface area contributed by atoms with Gasteiger partial charge in [-0.15, -0.1) is 0 Å². The Bertz CT molecular complexity index is 648.